The van der Waals surface area contributed by atoms with Crippen molar-refractivity contribution in [3.05, 3.63) is 107 Å². The molecule has 0 bridgehead atoms. The maximum atomic E-state index is 9.75. The molecule has 0 atom stereocenters. The van der Waals surface area contributed by atoms with Crippen LogP contribution < -0.4 is 0 Å². The van der Waals surface area contributed by atoms with Crippen molar-refractivity contribution in [3.63, 3.8) is 0 Å². The van der Waals surface area contributed by atoms with E-state index in [0.29, 0.717) is 5.69 Å². The summed E-state index contributed by atoms with van der Waals surface area (Å²) in [5, 5.41) is 21.2. The monoisotopic (exact) mass is 570 g/mol. The van der Waals surface area contributed by atoms with Crippen LogP contribution in [-0.4, -0.2) is 17.1 Å². The molecule has 1 aliphatic rings. The van der Waals surface area contributed by atoms with Gasteiger partial charge in [-0.15, -0.1) is 7.05 Å². The molecular weight excluding hydrogens is 545 g/mol. The summed E-state index contributed by atoms with van der Waals surface area (Å²) in [4.78, 5) is 3.60. The number of nitrogens with zero attached hydrogens (tertiary/aromatic N) is 1. The molecule has 2 aromatic heterocycles. The molecule has 1 radical (unpaired) electrons. The van der Waals surface area contributed by atoms with E-state index in [1.165, 1.54) is 43.7 Å². The van der Waals surface area contributed by atoms with E-state index in [9.17, 15) is 5.11 Å². The zero-order chi connectivity index (χ0) is 24.9. The molecule has 0 amide bonds. The van der Waals surface area contributed by atoms with Crippen LogP contribution in [0.4, 0.5) is 5.69 Å². The first-order valence-corrected chi connectivity index (χ1v) is 12.6. The Bertz CT molecular complexity index is 2000. The van der Waals surface area contributed by atoms with E-state index in [4.69, 9.17) is 4.42 Å². The Morgan fingerprint density at radius 2 is 1.53 bits per heavy atom. The molecule has 2 N–H and O–H groups in total. The van der Waals surface area contributed by atoms with Gasteiger partial charge in [-0.3, -0.25) is 0 Å². The second-order valence-electron chi connectivity index (χ2n) is 9.46. The van der Waals surface area contributed by atoms with Gasteiger partial charge in [-0.25, -0.2) is 0 Å². The minimum atomic E-state index is 0. The number of hydrogen-bond donors (Lipinski definition) is 2. The fraction of sp³-hybridized carbons (Fsp3) is 0.0909. The van der Waals surface area contributed by atoms with Gasteiger partial charge in [0.15, 0.2) is 0 Å². The smallest absolute Gasteiger partial charge is 0.135 e. The van der Waals surface area contributed by atoms with E-state index < -0.39 is 0 Å². The summed E-state index contributed by atoms with van der Waals surface area (Å²) in [5.74, 6) is 0.182. The number of phenols is 1. The van der Waals surface area contributed by atoms with E-state index in [-0.39, 0.29) is 38.5 Å². The molecule has 183 valence electrons. The molecule has 8 rings (SSSR count). The minimum absolute atomic E-state index is 0. The van der Waals surface area contributed by atoms with Crippen LogP contribution >= 0.6 is 0 Å². The van der Waals surface area contributed by atoms with Crippen molar-refractivity contribution in [3.8, 4) is 5.75 Å². The average molecular weight is 570 g/mol. The van der Waals surface area contributed by atoms with Crippen molar-refractivity contribution in [1.82, 2.24) is 4.98 Å². The number of aromatic hydroxyl groups is 1. The number of fused-ring (bicyclic) bond motifs is 10. The van der Waals surface area contributed by atoms with Gasteiger partial charge >= 0.3 is 0 Å². The summed E-state index contributed by atoms with van der Waals surface area (Å²) < 4.78 is 5.68. The Labute approximate surface area is 245 Å². The van der Waals surface area contributed by atoms with Crippen LogP contribution in [0, 0.1) is 0 Å². The second kappa shape index (κ2) is 9.94. The first-order valence-electron chi connectivity index (χ1n) is 12.6. The van der Waals surface area contributed by atoms with Gasteiger partial charge in [-0.2, -0.15) is 0 Å². The summed E-state index contributed by atoms with van der Waals surface area (Å²) in [6, 6.07) is 28.7. The van der Waals surface area contributed by atoms with Gasteiger partial charge in [-0.05, 0) is 65.1 Å². The van der Waals surface area contributed by atoms with Crippen molar-refractivity contribution >= 4 is 66.3 Å². The summed E-state index contributed by atoms with van der Waals surface area (Å²) in [7, 11) is 1.66. The van der Waals surface area contributed by atoms with Crippen LogP contribution in [-0.2, 0) is 39.1 Å². The Hall–Kier alpha value is -3.60. The molecule has 0 aliphatic heterocycles. The Kier molecular flexibility index (Phi) is 6.47. The van der Waals surface area contributed by atoms with Crippen molar-refractivity contribution in [1.29, 1.82) is 0 Å². The Morgan fingerprint density at radius 1 is 0.763 bits per heavy atom. The molecule has 5 aromatic carbocycles. The number of allylic oxidation sites excluding steroid dienone is 1. The van der Waals surface area contributed by atoms with Gasteiger partial charge in [-0.1, -0.05) is 72.4 Å². The SMILES string of the molecule is C1=Cc2ccc3[nH]c4ccc5ccccc5c4c3c2CC1.C[N-]c1c(O)ccc2oc3ccccc3c12.[Y]. The predicted octanol–water partition coefficient (Wildman–Crippen LogP) is 9.36. The fourth-order valence-corrected chi connectivity index (χ4v) is 5.72. The van der Waals surface area contributed by atoms with Gasteiger partial charge in [0, 0.05) is 65.3 Å². The molecule has 0 saturated carbocycles. The number of para-hydroxylation sites is 1. The standard InChI is InChI=1S/C20H15N.C13H10NO2.Y/c1-3-7-15-13(5-1)9-11-17-19(15)20-16-8-4-2-6-14(16)10-12-18(20)21-17;1-14-13-9(15)6-7-11-12(13)8-4-2-3-5-10(8)16-11;/h1-3,5-7,9-12,21H,4,8H2;2-7,15H,1H3;/q;-1;. The number of nitrogens with one attached hydrogen (secondary N) is 1. The number of H-pyrrole nitrogens is 1. The molecule has 1 aliphatic carbocycles. The van der Waals surface area contributed by atoms with Crippen LogP contribution in [0.25, 0.3) is 65.9 Å². The van der Waals surface area contributed by atoms with E-state index in [1.807, 2.05) is 24.3 Å². The molecule has 38 heavy (non-hydrogen) atoms. The predicted molar refractivity (Wildman–Crippen MR) is 155 cm³/mol. The molecule has 5 heteroatoms. The van der Waals surface area contributed by atoms with Crippen LogP contribution in [0.1, 0.15) is 17.5 Å². The molecular formula is C33H25N2O2Y-. The van der Waals surface area contributed by atoms with E-state index in [0.717, 1.165) is 34.8 Å². The number of hydrogen-bond acceptors (Lipinski definition) is 2. The van der Waals surface area contributed by atoms with Crippen molar-refractivity contribution in [2.24, 2.45) is 0 Å². The number of aryl methyl sites for hydroxylation is 1. The molecule has 7 aromatic rings. The van der Waals surface area contributed by atoms with Crippen LogP contribution in [0.15, 0.2) is 95.4 Å². The molecule has 0 spiro atoms. The molecule has 0 unspecified atom stereocenters. The van der Waals surface area contributed by atoms with Gasteiger partial charge in [0.1, 0.15) is 16.9 Å². The summed E-state index contributed by atoms with van der Waals surface area (Å²) in [6.45, 7) is 0. The number of aromatic amines is 1. The van der Waals surface area contributed by atoms with Crippen molar-refractivity contribution < 1.29 is 42.2 Å². The van der Waals surface area contributed by atoms with Crippen molar-refractivity contribution in [2.45, 2.75) is 12.8 Å². The van der Waals surface area contributed by atoms with Crippen LogP contribution in [0.3, 0.4) is 0 Å². The normalized spacial score (nSPS) is 12.4. The topological polar surface area (TPSA) is 63.3 Å². The summed E-state index contributed by atoms with van der Waals surface area (Å²) in [5.41, 5.74) is 7.53. The first kappa shape index (κ1) is 24.7. The molecule has 0 fully saturated rings. The summed E-state index contributed by atoms with van der Waals surface area (Å²) in [6.07, 6.45) is 6.83. The third-order valence-electron chi connectivity index (χ3n) is 7.37. The average Bonchev–Trinajstić information content (AvgIpc) is 3.52. The number of furan rings is 1. The van der Waals surface area contributed by atoms with Gasteiger partial charge in [0.25, 0.3) is 0 Å². The number of rotatable bonds is 1. The number of aromatic nitrogens is 1. The third-order valence-corrected chi connectivity index (χ3v) is 7.37. The first-order chi connectivity index (χ1) is 18.2. The van der Waals surface area contributed by atoms with Crippen LogP contribution in [0.5, 0.6) is 5.75 Å². The van der Waals surface area contributed by atoms with E-state index in [2.05, 4.69) is 71.0 Å². The number of phenolic OH excluding ortho intramolecular Hbond substituents is 1. The van der Waals surface area contributed by atoms with Crippen molar-refractivity contribution in [2.75, 3.05) is 7.05 Å². The fourth-order valence-electron chi connectivity index (χ4n) is 5.72. The molecule has 4 nitrogen and oxygen atoms in total. The van der Waals surface area contributed by atoms with Gasteiger partial charge < -0.3 is 19.8 Å². The van der Waals surface area contributed by atoms with E-state index in [1.54, 1.807) is 19.2 Å². The number of benzene rings is 5. The maximum absolute atomic E-state index is 9.75. The maximum Gasteiger partial charge on any atom is 0.135 e. The van der Waals surface area contributed by atoms with E-state index >= 15 is 0 Å². The molecule has 0 saturated heterocycles. The second-order valence-corrected chi connectivity index (χ2v) is 9.46. The zero-order valence-corrected chi connectivity index (χ0v) is 23.9. The minimum Gasteiger partial charge on any atom is -0.683 e. The Morgan fingerprint density at radius 3 is 2.39 bits per heavy atom. The van der Waals surface area contributed by atoms with Gasteiger partial charge in [0.2, 0.25) is 0 Å². The zero-order valence-electron chi connectivity index (χ0n) is 21.0. The molecule has 2 heterocycles. The van der Waals surface area contributed by atoms with Crippen LogP contribution in [0.2, 0.25) is 0 Å². The summed E-state index contributed by atoms with van der Waals surface area (Å²) >= 11 is 0. The quantitative estimate of drug-likeness (QED) is 0.207. The third kappa shape index (κ3) is 3.91. The van der Waals surface area contributed by atoms with Gasteiger partial charge in [0.05, 0.1) is 0 Å². The Balaban J connectivity index is 0.000000141. The largest absolute Gasteiger partial charge is 0.683 e.